The molecule has 23 heavy (non-hydrogen) atoms. The fourth-order valence-electron chi connectivity index (χ4n) is 1.65. The SMILES string of the molecule is CC.CC.NC(Cn1cnc(C(F)(F)F)c1)c1ccc(F)cc1. The number of nitrogens with two attached hydrogens (primary N) is 1. The number of halogens is 4. The lowest BCUT2D eigenvalue weighted by Gasteiger charge is -2.12. The highest BCUT2D eigenvalue weighted by Crippen LogP contribution is 2.27. The van der Waals surface area contributed by atoms with E-state index in [-0.39, 0.29) is 6.54 Å². The molecule has 1 unspecified atom stereocenters. The molecule has 0 aliphatic carbocycles. The van der Waals surface area contributed by atoms with Crippen LogP contribution >= 0.6 is 0 Å². The van der Waals surface area contributed by atoms with Crippen molar-refractivity contribution < 1.29 is 17.6 Å². The van der Waals surface area contributed by atoms with Crippen LogP contribution in [0.3, 0.4) is 0 Å². The number of imidazole rings is 1. The Morgan fingerprint density at radius 2 is 1.61 bits per heavy atom. The van der Waals surface area contributed by atoms with Crippen molar-refractivity contribution in [1.82, 2.24) is 9.55 Å². The summed E-state index contributed by atoms with van der Waals surface area (Å²) >= 11 is 0. The normalized spacial score (nSPS) is 11.7. The minimum absolute atomic E-state index is 0.134. The monoisotopic (exact) mass is 333 g/mol. The Kier molecular flexibility index (Phi) is 9.17. The second-order valence-corrected chi connectivity index (χ2v) is 4.11. The quantitative estimate of drug-likeness (QED) is 0.821. The number of rotatable bonds is 3. The summed E-state index contributed by atoms with van der Waals surface area (Å²) in [5, 5.41) is 0. The van der Waals surface area contributed by atoms with Crippen LogP contribution in [0.1, 0.15) is 45.0 Å². The van der Waals surface area contributed by atoms with Gasteiger partial charge in [-0.2, -0.15) is 13.2 Å². The first kappa shape index (κ1) is 21.1. The minimum Gasteiger partial charge on any atom is -0.335 e. The predicted molar refractivity (Wildman–Crippen MR) is 83.3 cm³/mol. The van der Waals surface area contributed by atoms with Gasteiger partial charge >= 0.3 is 6.18 Å². The Labute approximate surface area is 134 Å². The summed E-state index contributed by atoms with van der Waals surface area (Å²) < 4.78 is 51.1. The smallest absolute Gasteiger partial charge is 0.335 e. The van der Waals surface area contributed by atoms with Crippen molar-refractivity contribution in [3.8, 4) is 0 Å². The van der Waals surface area contributed by atoms with E-state index >= 15 is 0 Å². The van der Waals surface area contributed by atoms with E-state index < -0.39 is 23.7 Å². The highest BCUT2D eigenvalue weighted by atomic mass is 19.4. The van der Waals surface area contributed by atoms with Crippen LogP contribution in [-0.4, -0.2) is 9.55 Å². The minimum atomic E-state index is -4.47. The summed E-state index contributed by atoms with van der Waals surface area (Å²) in [6, 6.07) is 4.98. The van der Waals surface area contributed by atoms with Gasteiger partial charge in [0.15, 0.2) is 5.69 Å². The molecule has 1 heterocycles. The van der Waals surface area contributed by atoms with Crippen molar-refractivity contribution in [3.63, 3.8) is 0 Å². The Hall–Kier alpha value is -1.89. The molecule has 0 fully saturated rings. The van der Waals surface area contributed by atoms with Crippen LogP contribution in [0.2, 0.25) is 0 Å². The van der Waals surface area contributed by atoms with Gasteiger partial charge in [-0.1, -0.05) is 39.8 Å². The van der Waals surface area contributed by atoms with E-state index in [4.69, 9.17) is 5.73 Å². The largest absolute Gasteiger partial charge is 0.434 e. The van der Waals surface area contributed by atoms with Gasteiger partial charge in [-0.3, -0.25) is 0 Å². The van der Waals surface area contributed by atoms with Crippen LogP contribution in [0.4, 0.5) is 17.6 Å². The van der Waals surface area contributed by atoms with E-state index in [9.17, 15) is 17.6 Å². The zero-order valence-corrected chi connectivity index (χ0v) is 13.7. The number of hydrogen-bond donors (Lipinski definition) is 1. The van der Waals surface area contributed by atoms with E-state index in [1.165, 1.54) is 28.8 Å². The van der Waals surface area contributed by atoms with Gasteiger partial charge in [0.25, 0.3) is 0 Å². The lowest BCUT2D eigenvalue weighted by Crippen LogP contribution is -2.17. The highest BCUT2D eigenvalue weighted by Gasteiger charge is 2.33. The Morgan fingerprint density at radius 3 is 2.04 bits per heavy atom. The molecule has 1 aromatic carbocycles. The maximum absolute atomic E-state index is 12.7. The topological polar surface area (TPSA) is 43.8 Å². The third-order valence-electron chi connectivity index (χ3n) is 2.63. The summed E-state index contributed by atoms with van der Waals surface area (Å²) in [7, 11) is 0. The first-order valence-corrected chi connectivity index (χ1v) is 7.46. The number of hydrogen-bond acceptors (Lipinski definition) is 2. The van der Waals surface area contributed by atoms with Crippen molar-refractivity contribution in [3.05, 3.63) is 53.9 Å². The van der Waals surface area contributed by atoms with Gasteiger partial charge in [-0.05, 0) is 17.7 Å². The van der Waals surface area contributed by atoms with Gasteiger partial charge in [0.05, 0.1) is 6.33 Å². The van der Waals surface area contributed by atoms with Gasteiger partial charge in [0, 0.05) is 18.8 Å². The van der Waals surface area contributed by atoms with Gasteiger partial charge < -0.3 is 10.3 Å². The molecular formula is C16H23F4N3. The van der Waals surface area contributed by atoms with Crippen LogP contribution in [0, 0.1) is 5.82 Å². The molecule has 1 atom stereocenters. The fourth-order valence-corrected chi connectivity index (χ4v) is 1.65. The van der Waals surface area contributed by atoms with Gasteiger partial charge in [-0.25, -0.2) is 9.37 Å². The zero-order chi connectivity index (χ0) is 18.0. The third-order valence-corrected chi connectivity index (χ3v) is 2.63. The molecule has 0 saturated heterocycles. The molecule has 2 N–H and O–H groups in total. The van der Waals surface area contributed by atoms with Crippen molar-refractivity contribution in [2.45, 2.75) is 46.5 Å². The summed E-state index contributed by atoms with van der Waals surface area (Å²) in [5.74, 6) is -0.391. The second-order valence-electron chi connectivity index (χ2n) is 4.11. The lowest BCUT2D eigenvalue weighted by molar-refractivity contribution is -0.140. The molecule has 0 radical (unpaired) electrons. The maximum Gasteiger partial charge on any atom is 0.434 e. The summed E-state index contributed by atoms with van der Waals surface area (Å²) in [6.45, 7) is 8.13. The van der Waals surface area contributed by atoms with Crippen LogP contribution in [0.5, 0.6) is 0 Å². The molecule has 2 aromatic rings. The molecule has 0 amide bonds. The van der Waals surface area contributed by atoms with Crippen LogP contribution in [0.15, 0.2) is 36.8 Å². The Balaban J connectivity index is 0.00000112. The predicted octanol–water partition coefficient (Wildman–Crippen LogP) is 4.79. The van der Waals surface area contributed by atoms with Crippen LogP contribution < -0.4 is 5.73 Å². The van der Waals surface area contributed by atoms with Gasteiger partial charge in [-0.15, -0.1) is 0 Å². The van der Waals surface area contributed by atoms with Gasteiger partial charge in [0.1, 0.15) is 5.82 Å². The van der Waals surface area contributed by atoms with Crippen LogP contribution in [-0.2, 0) is 12.7 Å². The number of nitrogens with zero attached hydrogens (tertiary/aromatic N) is 2. The summed E-state index contributed by atoms with van der Waals surface area (Å²) in [6.07, 6.45) is -2.50. The molecule has 1 aromatic heterocycles. The number of aromatic nitrogens is 2. The average Bonchev–Trinajstić information content (AvgIpc) is 3.00. The molecule has 0 bridgehead atoms. The molecule has 2 rings (SSSR count). The standard InChI is InChI=1S/C12H11F4N3.2C2H6/c13-9-3-1-8(2-4-9)10(17)5-19-6-11(18-7-19)12(14,15)16;2*1-2/h1-4,6-7,10H,5,17H2;2*1-2H3. The van der Waals surface area contributed by atoms with Crippen molar-refractivity contribution >= 4 is 0 Å². The van der Waals surface area contributed by atoms with E-state index in [1.807, 2.05) is 27.7 Å². The first-order valence-electron chi connectivity index (χ1n) is 7.46. The van der Waals surface area contributed by atoms with Crippen molar-refractivity contribution in [2.75, 3.05) is 0 Å². The first-order chi connectivity index (χ1) is 10.9. The van der Waals surface area contributed by atoms with E-state index in [0.717, 1.165) is 12.5 Å². The average molecular weight is 333 g/mol. The summed E-state index contributed by atoms with van der Waals surface area (Å²) in [4.78, 5) is 3.27. The molecular weight excluding hydrogens is 310 g/mol. The van der Waals surface area contributed by atoms with Gasteiger partial charge in [0.2, 0.25) is 0 Å². The third kappa shape index (κ3) is 6.81. The number of alkyl halides is 3. The van der Waals surface area contributed by atoms with E-state index in [2.05, 4.69) is 4.98 Å². The highest BCUT2D eigenvalue weighted by molar-refractivity contribution is 5.19. The second kappa shape index (κ2) is 9.99. The fraction of sp³-hybridized carbons (Fsp3) is 0.438. The maximum atomic E-state index is 12.7. The summed E-state index contributed by atoms with van der Waals surface area (Å²) in [5.41, 5.74) is 5.53. The molecule has 7 heteroatoms. The molecule has 0 saturated carbocycles. The van der Waals surface area contributed by atoms with Crippen molar-refractivity contribution in [2.24, 2.45) is 5.73 Å². The Bertz CT molecular complexity index is 547. The molecule has 130 valence electrons. The van der Waals surface area contributed by atoms with Crippen LogP contribution in [0.25, 0.3) is 0 Å². The molecule has 0 spiro atoms. The Morgan fingerprint density at radius 1 is 1.09 bits per heavy atom. The van der Waals surface area contributed by atoms with E-state index in [0.29, 0.717) is 5.56 Å². The molecule has 0 aliphatic heterocycles. The molecule has 3 nitrogen and oxygen atoms in total. The number of benzene rings is 1. The molecule has 0 aliphatic rings. The van der Waals surface area contributed by atoms with E-state index in [1.54, 1.807) is 0 Å². The van der Waals surface area contributed by atoms with Crippen molar-refractivity contribution in [1.29, 1.82) is 0 Å². The lowest BCUT2D eigenvalue weighted by atomic mass is 10.1. The zero-order valence-electron chi connectivity index (χ0n) is 13.7.